The molecular formula is C21H33NO. The number of rotatable bonds is 5. The van der Waals surface area contributed by atoms with Gasteiger partial charge >= 0.3 is 0 Å². The monoisotopic (exact) mass is 315 g/mol. The summed E-state index contributed by atoms with van der Waals surface area (Å²) in [4.78, 5) is 0. The van der Waals surface area contributed by atoms with E-state index in [1.165, 1.54) is 38.5 Å². The summed E-state index contributed by atoms with van der Waals surface area (Å²) in [5.74, 6) is 0. The molecule has 23 heavy (non-hydrogen) atoms. The van der Waals surface area contributed by atoms with E-state index in [1.54, 1.807) is 5.56 Å². The van der Waals surface area contributed by atoms with E-state index in [0.717, 1.165) is 26.0 Å². The fourth-order valence-corrected chi connectivity index (χ4v) is 4.62. The summed E-state index contributed by atoms with van der Waals surface area (Å²) in [7, 11) is 0. The molecule has 1 heterocycles. The topological polar surface area (TPSA) is 21.3 Å². The highest BCUT2D eigenvalue weighted by atomic mass is 16.5. The first-order valence-electron chi connectivity index (χ1n) is 9.53. The highest BCUT2D eigenvalue weighted by Crippen LogP contribution is 2.42. The minimum Gasteiger partial charge on any atom is -0.375 e. The van der Waals surface area contributed by atoms with Crippen molar-refractivity contribution in [2.24, 2.45) is 0 Å². The van der Waals surface area contributed by atoms with Crippen LogP contribution in [-0.2, 0) is 10.2 Å². The van der Waals surface area contributed by atoms with Gasteiger partial charge in [-0.05, 0) is 63.5 Å². The first-order chi connectivity index (χ1) is 11.1. The lowest BCUT2D eigenvalue weighted by atomic mass is 9.67. The molecule has 0 bridgehead atoms. The first kappa shape index (κ1) is 17.0. The zero-order chi connectivity index (χ0) is 16.2. The summed E-state index contributed by atoms with van der Waals surface area (Å²) in [6.07, 6.45) is 10.5. The Balaban J connectivity index is 1.59. The standard InChI is InChI=1S/C21H33NO/c1-20(2)17-19(11-16-23-20)22-15-14-21(12-7-4-8-13-21)18-9-5-3-6-10-18/h3,5-6,9-10,19,22H,4,7-8,11-17H2,1-2H3. The molecule has 1 aliphatic heterocycles. The van der Waals surface area contributed by atoms with Gasteiger partial charge in [0.15, 0.2) is 0 Å². The molecule has 1 N–H and O–H groups in total. The summed E-state index contributed by atoms with van der Waals surface area (Å²) in [6, 6.07) is 11.9. The molecular weight excluding hydrogens is 282 g/mol. The molecule has 1 atom stereocenters. The SMILES string of the molecule is CC1(C)CC(NCCC2(c3ccccc3)CCCCC2)CCO1. The third kappa shape index (κ3) is 4.36. The molecule has 1 aromatic carbocycles. The van der Waals surface area contributed by atoms with Gasteiger partial charge in [-0.15, -0.1) is 0 Å². The number of ether oxygens (including phenoxy) is 1. The van der Waals surface area contributed by atoms with Crippen molar-refractivity contribution in [2.75, 3.05) is 13.2 Å². The van der Waals surface area contributed by atoms with Gasteiger partial charge in [-0.3, -0.25) is 0 Å². The lowest BCUT2D eigenvalue weighted by Gasteiger charge is -2.40. The van der Waals surface area contributed by atoms with Crippen LogP contribution in [0.2, 0.25) is 0 Å². The van der Waals surface area contributed by atoms with Crippen molar-refractivity contribution in [1.29, 1.82) is 0 Å². The molecule has 1 aliphatic carbocycles. The van der Waals surface area contributed by atoms with Gasteiger partial charge in [-0.2, -0.15) is 0 Å². The van der Waals surface area contributed by atoms with Crippen LogP contribution in [0.15, 0.2) is 30.3 Å². The number of nitrogens with one attached hydrogen (secondary N) is 1. The average molecular weight is 316 g/mol. The summed E-state index contributed by atoms with van der Waals surface area (Å²) in [6.45, 7) is 6.46. The van der Waals surface area contributed by atoms with Crippen LogP contribution in [0.4, 0.5) is 0 Å². The van der Waals surface area contributed by atoms with Crippen molar-refractivity contribution in [3.8, 4) is 0 Å². The Kier molecular flexibility index (Phi) is 5.43. The molecule has 0 aromatic heterocycles. The molecule has 1 saturated heterocycles. The quantitative estimate of drug-likeness (QED) is 0.840. The van der Waals surface area contributed by atoms with E-state index in [1.807, 2.05) is 0 Å². The summed E-state index contributed by atoms with van der Waals surface area (Å²) in [5.41, 5.74) is 2.01. The lowest BCUT2D eigenvalue weighted by molar-refractivity contribution is -0.0629. The van der Waals surface area contributed by atoms with Crippen LogP contribution in [0.3, 0.4) is 0 Å². The second-order valence-corrected chi connectivity index (χ2v) is 8.21. The van der Waals surface area contributed by atoms with Crippen molar-refractivity contribution < 1.29 is 4.74 Å². The zero-order valence-corrected chi connectivity index (χ0v) is 14.9. The Morgan fingerprint density at radius 3 is 2.52 bits per heavy atom. The fourth-order valence-electron chi connectivity index (χ4n) is 4.62. The van der Waals surface area contributed by atoms with Gasteiger partial charge < -0.3 is 10.1 Å². The molecule has 1 saturated carbocycles. The molecule has 2 heteroatoms. The van der Waals surface area contributed by atoms with E-state index < -0.39 is 0 Å². The van der Waals surface area contributed by atoms with Gasteiger partial charge in [0.25, 0.3) is 0 Å². The van der Waals surface area contributed by atoms with Gasteiger partial charge in [0.05, 0.1) is 5.60 Å². The molecule has 1 unspecified atom stereocenters. The number of hydrogen-bond acceptors (Lipinski definition) is 2. The second-order valence-electron chi connectivity index (χ2n) is 8.21. The predicted octanol–water partition coefficient (Wildman–Crippen LogP) is 4.83. The highest BCUT2D eigenvalue weighted by Gasteiger charge is 2.34. The molecule has 2 nitrogen and oxygen atoms in total. The lowest BCUT2D eigenvalue weighted by Crippen LogP contribution is -2.45. The Bertz CT molecular complexity index is 476. The van der Waals surface area contributed by atoms with E-state index in [-0.39, 0.29) is 5.60 Å². The molecule has 2 fully saturated rings. The van der Waals surface area contributed by atoms with E-state index in [9.17, 15) is 0 Å². The van der Waals surface area contributed by atoms with Crippen molar-refractivity contribution in [3.63, 3.8) is 0 Å². The van der Waals surface area contributed by atoms with Crippen LogP contribution in [0.5, 0.6) is 0 Å². The van der Waals surface area contributed by atoms with E-state index in [2.05, 4.69) is 49.5 Å². The molecule has 0 spiro atoms. The smallest absolute Gasteiger partial charge is 0.0641 e. The molecule has 1 aromatic rings. The maximum atomic E-state index is 5.84. The minimum atomic E-state index is 0.0396. The Labute approximate surface area is 142 Å². The average Bonchev–Trinajstić information content (AvgIpc) is 2.56. The van der Waals surface area contributed by atoms with Crippen LogP contribution in [0, 0.1) is 0 Å². The van der Waals surface area contributed by atoms with Crippen LogP contribution >= 0.6 is 0 Å². The molecule has 128 valence electrons. The van der Waals surface area contributed by atoms with Gasteiger partial charge in [0.1, 0.15) is 0 Å². The van der Waals surface area contributed by atoms with E-state index in [4.69, 9.17) is 4.74 Å². The minimum absolute atomic E-state index is 0.0396. The Morgan fingerprint density at radius 2 is 1.83 bits per heavy atom. The summed E-state index contributed by atoms with van der Waals surface area (Å²) >= 11 is 0. The maximum absolute atomic E-state index is 5.84. The fraction of sp³-hybridized carbons (Fsp3) is 0.714. The predicted molar refractivity (Wildman–Crippen MR) is 96.9 cm³/mol. The number of hydrogen-bond donors (Lipinski definition) is 1. The van der Waals surface area contributed by atoms with Gasteiger partial charge in [0, 0.05) is 12.6 Å². The van der Waals surface area contributed by atoms with Crippen molar-refractivity contribution >= 4 is 0 Å². The van der Waals surface area contributed by atoms with Crippen LogP contribution in [0.25, 0.3) is 0 Å². The largest absolute Gasteiger partial charge is 0.375 e. The Morgan fingerprint density at radius 1 is 1.09 bits per heavy atom. The molecule has 0 radical (unpaired) electrons. The van der Waals surface area contributed by atoms with E-state index >= 15 is 0 Å². The molecule has 2 aliphatic rings. The van der Waals surface area contributed by atoms with Crippen LogP contribution in [0.1, 0.15) is 70.8 Å². The normalized spacial score (nSPS) is 26.8. The summed E-state index contributed by atoms with van der Waals surface area (Å²) in [5, 5.41) is 3.84. The first-order valence-corrected chi connectivity index (χ1v) is 9.53. The summed E-state index contributed by atoms with van der Waals surface area (Å²) < 4.78 is 5.84. The number of benzene rings is 1. The van der Waals surface area contributed by atoms with Crippen molar-refractivity contribution in [1.82, 2.24) is 5.32 Å². The highest BCUT2D eigenvalue weighted by molar-refractivity contribution is 5.26. The molecule has 0 amide bonds. The van der Waals surface area contributed by atoms with Crippen molar-refractivity contribution in [2.45, 2.75) is 82.3 Å². The third-order valence-electron chi connectivity index (χ3n) is 5.93. The van der Waals surface area contributed by atoms with E-state index in [0.29, 0.717) is 11.5 Å². The van der Waals surface area contributed by atoms with Crippen LogP contribution in [-0.4, -0.2) is 24.8 Å². The second kappa shape index (κ2) is 7.36. The van der Waals surface area contributed by atoms with Crippen LogP contribution < -0.4 is 5.32 Å². The van der Waals surface area contributed by atoms with Gasteiger partial charge in [-0.25, -0.2) is 0 Å². The van der Waals surface area contributed by atoms with Crippen molar-refractivity contribution in [3.05, 3.63) is 35.9 Å². The Hall–Kier alpha value is -0.860. The van der Waals surface area contributed by atoms with Gasteiger partial charge in [-0.1, -0.05) is 49.6 Å². The maximum Gasteiger partial charge on any atom is 0.0641 e. The molecule has 3 rings (SSSR count). The zero-order valence-electron chi connectivity index (χ0n) is 14.9. The van der Waals surface area contributed by atoms with Gasteiger partial charge in [0.2, 0.25) is 0 Å². The third-order valence-corrected chi connectivity index (χ3v) is 5.93.